The van der Waals surface area contributed by atoms with Crippen molar-refractivity contribution in [3.8, 4) is 0 Å². The van der Waals surface area contributed by atoms with Crippen molar-refractivity contribution < 1.29 is 22.4 Å². The molecule has 0 aliphatic heterocycles. The van der Waals surface area contributed by atoms with Gasteiger partial charge < -0.3 is 5.32 Å². The van der Waals surface area contributed by atoms with Gasteiger partial charge in [-0.2, -0.15) is 0 Å². The van der Waals surface area contributed by atoms with Crippen molar-refractivity contribution in [3.05, 3.63) is 59.7 Å². The van der Waals surface area contributed by atoms with Crippen LogP contribution in [0.5, 0.6) is 0 Å². The lowest BCUT2D eigenvalue weighted by atomic mass is 10.3. The first kappa shape index (κ1) is 15.4. The molecule has 0 aliphatic carbocycles. The summed E-state index contributed by atoms with van der Waals surface area (Å²) in [5.74, 6) is -4.65. The van der Waals surface area contributed by atoms with Crippen molar-refractivity contribution in [1.29, 1.82) is 0 Å². The molecule has 1 N–H and O–H groups in total. The number of para-hydroxylation sites is 1. The van der Waals surface area contributed by atoms with Crippen LogP contribution in [-0.4, -0.2) is 11.7 Å². The fraction of sp³-hybridized carbons (Fsp3) is 0.0714. The number of amides is 1. The second kappa shape index (κ2) is 6.62. The number of carbonyl (C=O) groups excluding carboxylic acids is 1. The molecule has 2 aromatic rings. The van der Waals surface area contributed by atoms with Crippen LogP contribution in [0.2, 0.25) is 0 Å². The van der Waals surface area contributed by atoms with Gasteiger partial charge in [0, 0.05) is 4.90 Å². The van der Waals surface area contributed by atoms with Gasteiger partial charge >= 0.3 is 0 Å². The van der Waals surface area contributed by atoms with E-state index in [0.717, 1.165) is 36.0 Å². The number of anilines is 1. The predicted molar refractivity (Wildman–Crippen MR) is 72.1 cm³/mol. The highest BCUT2D eigenvalue weighted by Gasteiger charge is 2.12. The zero-order valence-corrected chi connectivity index (χ0v) is 11.3. The zero-order valence-electron chi connectivity index (χ0n) is 10.5. The number of halogens is 4. The van der Waals surface area contributed by atoms with E-state index in [4.69, 9.17) is 0 Å². The van der Waals surface area contributed by atoms with Gasteiger partial charge in [-0.15, -0.1) is 11.8 Å². The lowest BCUT2D eigenvalue weighted by molar-refractivity contribution is -0.113. The van der Waals surface area contributed by atoms with Gasteiger partial charge in [0.25, 0.3) is 0 Å². The van der Waals surface area contributed by atoms with Gasteiger partial charge in [-0.1, -0.05) is 6.07 Å². The summed E-state index contributed by atoms with van der Waals surface area (Å²) < 4.78 is 52.3. The van der Waals surface area contributed by atoms with Gasteiger partial charge in [-0.25, -0.2) is 17.6 Å². The summed E-state index contributed by atoms with van der Waals surface area (Å²) in [6.07, 6.45) is 0. The van der Waals surface area contributed by atoms with Crippen molar-refractivity contribution >= 4 is 23.4 Å². The first-order chi connectivity index (χ1) is 9.97. The SMILES string of the molecule is O=C(CSc1ccc(F)c(F)c1)Nc1c(F)cccc1F. The van der Waals surface area contributed by atoms with Crippen molar-refractivity contribution in [2.45, 2.75) is 4.90 Å². The van der Waals surface area contributed by atoms with E-state index in [2.05, 4.69) is 5.32 Å². The summed E-state index contributed by atoms with van der Waals surface area (Å²) in [7, 11) is 0. The highest BCUT2D eigenvalue weighted by atomic mass is 32.2. The highest BCUT2D eigenvalue weighted by Crippen LogP contribution is 2.22. The molecule has 0 saturated carbocycles. The Morgan fingerprint density at radius 1 is 0.952 bits per heavy atom. The fourth-order valence-corrected chi connectivity index (χ4v) is 2.23. The van der Waals surface area contributed by atoms with Crippen LogP contribution in [0.25, 0.3) is 0 Å². The second-order valence-electron chi connectivity index (χ2n) is 4.01. The van der Waals surface area contributed by atoms with Crippen LogP contribution >= 0.6 is 11.8 Å². The van der Waals surface area contributed by atoms with E-state index in [-0.39, 0.29) is 5.75 Å². The maximum atomic E-state index is 13.3. The topological polar surface area (TPSA) is 29.1 Å². The molecule has 0 fully saturated rings. The van der Waals surface area contributed by atoms with Crippen LogP contribution in [0.1, 0.15) is 0 Å². The van der Waals surface area contributed by atoms with Gasteiger partial charge in [0.15, 0.2) is 11.6 Å². The summed E-state index contributed by atoms with van der Waals surface area (Å²) in [5, 5.41) is 2.10. The second-order valence-corrected chi connectivity index (χ2v) is 5.06. The number of hydrogen-bond donors (Lipinski definition) is 1. The number of carbonyl (C=O) groups is 1. The molecule has 7 heteroatoms. The monoisotopic (exact) mass is 315 g/mol. The quantitative estimate of drug-likeness (QED) is 0.683. The normalized spacial score (nSPS) is 10.5. The summed E-state index contributed by atoms with van der Waals surface area (Å²) in [4.78, 5) is 11.9. The van der Waals surface area contributed by atoms with Crippen molar-refractivity contribution in [2.24, 2.45) is 0 Å². The Labute approximate surface area is 122 Å². The van der Waals surface area contributed by atoms with Crippen LogP contribution in [-0.2, 0) is 4.79 Å². The fourth-order valence-electron chi connectivity index (χ4n) is 1.51. The molecule has 0 aliphatic rings. The summed E-state index contributed by atoms with van der Waals surface area (Å²) in [5.41, 5.74) is -0.534. The molecule has 0 bridgehead atoms. The Morgan fingerprint density at radius 2 is 1.62 bits per heavy atom. The highest BCUT2D eigenvalue weighted by molar-refractivity contribution is 8.00. The molecular weight excluding hydrogens is 306 g/mol. The molecule has 110 valence electrons. The third-order valence-corrected chi connectivity index (χ3v) is 3.48. The largest absolute Gasteiger partial charge is 0.320 e. The third kappa shape index (κ3) is 3.98. The molecule has 0 spiro atoms. The van der Waals surface area contributed by atoms with E-state index in [1.165, 1.54) is 12.1 Å². The van der Waals surface area contributed by atoms with E-state index >= 15 is 0 Å². The van der Waals surface area contributed by atoms with E-state index in [9.17, 15) is 22.4 Å². The average Bonchev–Trinajstić information content (AvgIpc) is 2.44. The minimum absolute atomic E-state index is 0.196. The van der Waals surface area contributed by atoms with E-state index < -0.39 is 34.9 Å². The Morgan fingerprint density at radius 3 is 2.24 bits per heavy atom. The third-order valence-electron chi connectivity index (χ3n) is 2.49. The standard InChI is InChI=1S/C14H9F4NOS/c15-9-5-4-8(6-12(9)18)21-7-13(20)19-14-10(16)2-1-3-11(14)17/h1-6H,7H2,(H,19,20). The maximum Gasteiger partial charge on any atom is 0.234 e. The number of hydrogen-bond acceptors (Lipinski definition) is 2. The Kier molecular flexibility index (Phi) is 4.85. The van der Waals surface area contributed by atoms with Gasteiger partial charge in [0.2, 0.25) is 5.91 Å². The lowest BCUT2D eigenvalue weighted by Gasteiger charge is -2.07. The van der Waals surface area contributed by atoms with Crippen molar-refractivity contribution in [3.63, 3.8) is 0 Å². The molecule has 0 heterocycles. The molecule has 2 rings (SSSR count). The Balaban J connectivity index is 1.97. The van der Waals surface area contributed by atoms with E-state index in [0.29, 0.717) is 4.90 Å². The number of nitrogens with one attached hydrogen (secondary N) is 1. The summed E-state index contributed by atoms with van der Waals surface area (Å²) in [6.45, 7) is 0. The molecule has 0 radical (unpaired) electrons. The lowest BCUT2D eigenvalue weighted by Crippen LogP contribution is -2.16. The Bertz CT molecular complexity index is 658. The minimum atomic E-state index is -1.03. The summed E-state index contributed by atoms with van der Waals surface area (Å²) in [6, 6.07) is 6.39. The number of rotatable bonds is 4. The first-order valence-electron chi connectivity index (χ1n) is 5.79. The van der Waals surface area contributed by atoms with Crippen molar-refractivity contribution in [2.75, 3.05) is 11.1 Å². The molecule has 0 unspecified atom stereocenters. The summed E-state index contributed by atoms with van der Waals surface area (Å²) >= 11 is 0.919. The van der Waals surface area contributed by atoms with Crippen LogP contribution in [0, 0.1) is 23.3 Å². The molecular formula is C14H9F4NOS. The predicted octanol–water partition coefficient (Wildman–Crippen LogP) is 3.97. The van der Waals surface area contributed by atoms with Crippen LogP contribution in [0.15, 0.2) is 41.3 Å². The smallest absolute Gasteiger partial charge is 0.234 e. The molecule has 0 saturated heterocycles. The van der Waals surface area contributed by atoms with Crippen LogP contribution in [0.4, 0.5) is 23.2 Å². The zero-order chi connectivity index (χ0) is 15.4. The van der Waals surface area contributed by atoms with E-state index in [1.54, 1.807) is 0 Å². The molecule has 2 nitrogen and oxygen atoms in total. The van der Waals surface area contributed by atoms with E-state index in [1.807, 2.05) is 0 Å². The number of benzene rings is 2. The maximum absolute atomic E-state index is 13.3. The van der Waals surface area contributed by atoms with Gasteiger partial charge in [-0.3, -0.25) is 4.79 Å². The molecule has 21 heavy (non-hydrogen) atoms. The molecule has 1 amide bonds. The van der Waals surface area contributed by atoms with Crippen LogP contribution in [0.3, 0.4) is 0 Å². The first-order valence-corrected chi connectivity index (χ1v) is 6.77. The Hall–Kier alpha value is -2.02. The average molecular weight is 315 g/mol. The van der Waals surface area contributed by atoms with Crippen molar-refractivity contribution in [1.82, 2.24) is 0 Å². The van der Waals surface area contributed by atoms with Crippen LogP contribution < -0.4 is 5.32 Å². The number of thioether (sulfide) groups is 1. The van der Waals surface area contributed by atoms with Gasteiger partial charge in [0.05, 0.1) is 5.75 Å². The molecule has 2 aromatic carbocycles. The minimum Gasteiger partial charge on any atom is -0.320 e. The molecule has 0 atom stereocenters. The van der Waals surface area contributed by atoms with Gasteiger partial charge in [-0.05, 0) is 30.3 Å². The van der Waals surface area contributed by atoms with Gasteiger partial charge in [0.1, 0.15) is 17.3 Å². The molecule has 0 aromatic heterocycles.